The van der Waals surface area contributed by atoms with Crippen molar-refractivity contribution >= 4 is 17.0 Å². The van der Waals surface area contributed by atoms with Crippen LogP contribution in [0.15, 0.2) is 108 Å². The van der Waals surface area contributed by atoms with Gasteiger partial charge in [-0.05, 0) is 86.3 Å². The summed E-state index contributed by atoms with van der Waals surface area (Å²) < 4.78 is 45.1. The minimum Gasteiger partial charge on any atom is -0.406 e. The molecule has 0 aliphatic carbocycles. The van der Waals surface area contributed by atoms with Gasteiger partial charge in [-0.3, -0.25) is 4.57 Å². The molecular formula is C37H36F3N7OS. The normalized spacial score (nSPS) is 11.9. The predicted molar refractivity (Wildman–Crippen MR) is 188 cm³/mol. The Kier molecular flexibility index (Phi) is 9.86. The third-order valence-corrected chi connectivity index (χ3v) is 8.99. The molecule has 0 saturated heterocycles. The Morgan fingerprint density at radius 3 is 2.14 bits per heavy atom. The number of thiazole rings is 1. The zero-order chi connectivity index (χ0) is 34.5. The van der Waals surface area contributed by atoms with Gasteiger partial charge in [0.1, 0.15) is 12.1 Å². The van der Waals surface area contributed by atoms with E-state index in [0.717, 1.165) is 46.0 Å². The van der Waals surface area contributed by atoms with Gasteiger partial charge in [0.05, 0.1) is 23.6 Å². The number of halogens is 3. The van der Waals surface area contributed by atoms with Crippen LogP contribution in [-0.2, 0) is 6.54 Å². The lowest BCUT2D eigenvalue weighted by molar-refractivity contribution is -0.274. The maximum absolute atomic E-state index is 12.5. The van der Waals surface area contributed by atoms with Crippen LogP contribution in [0.2, 0.25) is 0 Å². The summed E-state index contributed by atoms with van der Waals surface area (Å²) in [6.07, 6.45) is -3.23. The Labute approximate surface area is 286 Å². The number of alkyl halides is 3. The fraction of sp³-hybridized carbons (Fsp3) is 0.216. The number of rotatable bonds is 11. The summed E-state index contributed by atoms with van der Waals surface area (Å²) in [6, 6.07) is 28.3. The number of nitrogens with one attached hydrogen (secondary N) is 1. The van der Waals surface area contributed by atoms with Crippen LogP contribution >= 0.6 is 11.3 Å². The lowest BCUT2D eigenvalue weighted by Crippen LogP contribution is -2.21. The SMILES string of the molecule is CCN(CC)c1ccc(-c2csc(=NNCc3ccc(-c4ncn(-c5ccc(OC(F)(F)F)cc5)n4)cc3)n2-c2c(C)cccc2C)cc1. The summed E-state index contributed by atoms with van der Waals surface area (Å²) >= 11 is 1.59. The van der Waals surface area contributed by atoms with E-state index in [4.69, 9.17) is 5.10 Å². The maximum Gasteiger partial charge on any atom is 0.573 e. The third-order valence-electron chi connectivity index (χ3n) is 8.16. The van der Waals surface area contributed by atoms with Crippen LogP contribution in [0.25, 0.3) is 34.0 Å². The first-order valence-electron chi connectivity index (χ1n) is 15.9. The Hall–Kier alpha value is -5.36. The first-order valence-corrected chi connectivity index (χ1v) is 16.8. The van der Waals surface area contributed by atoms with Gasteiger partial charge < -0.3 is 15.1 Å². The van der Waals surface area contributed by atoms with E-state index in [1.165, 1.54) is 52.1 Å². The molecule has 0 spiro atoms. The van der Waals surface area contributed by atoms with E-state index in [1.54, 1.807) is 11.3 Å². The highest BCUT2D eigenvalue weighted by atomic mass is 32.1. The molecule has 2 aromatic heterocycles. The summed E-state index contributed by atoms with van der Waals surface area (Å²) in [6.45, 7) is 11.0. The smallest absolute Gasteiger partial charge is 0.406 e. The van der Waals surface area contributed by atoms with Crippen molar-refractivity contribution in [2.75, 3.05) is 18.0 Å². The molecule has 0 atom stereocenters. The Morgan fingerprint density at radius 2 is 1.51 bits per heavy atom. The first-order chi connectivity index (χ1) is 23.6. The van der Waals surface area contributed by atoms with Crippen molar-refractivity contribution < 1.29 is 17.9 Å². The monoisotopic (exact) mass is 683 g/mol. The Morgan fingerprint density at radius 1 is 0.857 bits per heavy atom. The van der Waals surface area contributed by atoms with Gasteiger partial charge in [0, 0.05) is 29.7 Å². The van der Waals surface area contributed by atoms with Gasteiger partial charge in [0.2, 0.25) is 4.80 Å². The van der Waals surface area contributed by atoms with Crippen LogP contribution in [0.4, 0.5) is 18.9 Å². The first kappa shape index (κ1) is 33.5. The second-order valence-electron chi connectivity index (χ2n) is 11.4. The van der Waals surface area contributed by atoms with Crippen molar-refractivity contribution in [2.24, 2.45) is 5.10 Å². The maximum atomic E-state index is 12.5. The number of hydrogen-bond donors (Lipinski definition) is 1. The topological polar surface area (TPSA) is 72.5 Å². The molecule has 0 radical (unpaired) electrons. The zero-order valence-corrected chi connectivity index (χ0v) is 28.4. The van der Waals surface area contributed by atoms with E-state index >= 15 is 0 Å². The number of ether oxygens (including phenoxy) is 1. The molecule has 2 heterocycles. The number of anilines is 1. The van der Waals surface area contributed by atoms with Gasteiger partial charge in [0.15, 0.2) is 5.82 Å². The molecule has 0 saturated carbocycles. The van der Waals surface area contributed by atoms with E-state index < -0.39 is 6.36 Å². The van der Waals surface area contributed by atoms with E-state index in [0.29, 0.717) is 18.1 Å². The molecule has 0 aliphatic rings. The summed E-state index contributed by atoms with van der Waals surface area (Å²) in [7, 11) is 0. The Bertz CT molecular complexity index is 2060. The van der Waals surface area contributed by atoms with Crippen LogP contribution in [-0.4, -0.2) is 38.8 Å². The molecule has 1 N–H and O–H groups in total. The van der Waals surface area contributed by atoms with E-state index in [1.807, 2.05) is 24.3 Å². The molecule has 0 amide bonds. The average Bonchev–Trinajstić information content (AvgIpc) is 3.74. The van der Waals surface area contributed by atoms with Crippen molar-refractivity contribution in [3.8, 4) is 39.8 Å². The highest BCUT2D eigenvalue weighted by Gasteiger charge is 2.31. The molecule has 6 rings (SSSR count). The number of hydrogen-bond acceptors (Lipinski definition) is 7. The Balaban J connectivity index is 1.20. The third kappa shape index (κ3) is 7.70. The van der Waals surface area contributed by atoms with Gasteiger partial charge in [-0.25, -0.2) is 9.67 Å². The molecule has 6 aromatic rings. The molecule has 0 aliphatic heterocycles. The van der Waals surface area contributed by atoms with E-state index in [2.05, 4.69) is 105 Å². The van der Waals surface area contributed by atoms with Crippen LogP contribution in [0.1, 0.15) is 30.5 Å². The molecule has 0 unspecified atom stereocenters. The molecule has 12 heteroatoms. The quantitative estimate of drug-likeness (QED) is 0.139. The van der Waals surface area contributed by atoms with E-state index in [-0.39, 0.29) is 5.75 Å². The summed E-state index contributed by atoms with van der Waals surface area (Å²) in [5, 5.41) is 11.5. The number of aromatic nitrogens is 4. The lowest BCUT2D eigenvalue weighted by atomic mass is 10.1. The van der Waals surface area contributed by atoms with Crippen molar-refractivity contribution in [1.82, 2.24) is 24.8 Å². The summed E-state index contributed by atoms with van der Waals surface area (Å²) in [4.78, 5) is 7.55. The second kappa shape index (κ2) is 14.4. The van der Waals surface area contributed by atoms with Crippen molar-refractivity contribution in [3.05, 3.63) is 124 Å². The van der Waals surface area contributed by atoms with Gasteiger partial charge in [0.25, 0.3) is 0 Å². The molecule has 8 nitrogen and oxygen atoms in total. The number of para-hydroxylation sites is 1. The number of aryl methyl sites for hydroxylation is 2. The van der Waals surface area contributed by atoms with Crippen LogP contribution in [0, 0.1) is 13.8 Å². The van der Waals surface area contributed by atoms with E-state index in [9.17, 15) is 13.2 Å². The fourth-order valence-corrected chi connectivity index (χ4v) is 6.56. The highest BCUT2D eigenvalue weighted by molar-refractivity contribution is 7.07. The summed E-state index contributed by atoms with van der Waals surface area (Å²) in [5.74, 6) is 0.193. The molecule has 252 valence electrons. The molecule has 0 fully saturated rings. The summed E-state index contributed by atoms with van der Waals surface area (Å²) in [5.41, 5.74) is 12.5. The van der Waals surface area contributed by atoms with Gasteiger partial charge >= 0.3 is 6.36 Å². The second-order valence-corrected chi connectivity index (χ2v) is 12.2. The standard InChI is InChI=1S/C37H36F3N7OS/c1-5-45(6-2)30-16-14-28(15-17-30)33-23-49-36(47(33)34-25(3)8-7-9-26(34)4)43-42-22-27-10-12-29(13-11-27)35-41-24-46(44-35)31-18-20-32(21-19-31)48-37(38,39)40/h7-21,23-24,42H,5-6,22H2,1-4H3. The lowest BCUT2D eigenvalue weighted by Gasteiger charge is -2.21. The van der Waals surface area contributed by atoms with Crippen LogP contribution in [0.5, 0.6) is 5.75 Å². The van der Waals surface area contributed by atoms with Crippen LogP contribution in [0.3, 0.4) is 0 Å². The largest absolute Gasteiger partial charge is 0.573 e. The average molecular weight is 684 g/mol. The highest BCUT2D eigenvalue weighted by Crippen LogP contribution is 2.29. The van der Waals surface area contributed by atoms with Crippen molar-refractivity contribution in [2.45, 2.75) is 40.6 Å². The molecule has 49 heavy (non-hydrogen) atoms. The molecule has 4 aromatic carbocycles. The van der Waals surface area contributed by atoms with Crippen molar-refractivity contribution in [3.63, 3.8) is 0 Å². The molecular weight excluding hydrogens is 648 g/mol. The number of benzene rings is 4. The van der Waals surface area contributed by atoms with Crippen LogP contribution < -0.4 is 19.9 Å². The minimum atomic E-state index is -4.74. The fourth-order valence-electron chi connectivity index (χ4n) is 5.69. The van der Waals surface area contributed by atoms with Gasteiger partial charge in [-0.2, -0.15) is 0 Å². The minimum absolute atomic E-state index is 0.298. The van der Waals surface area contributed by atoms with Gasteiger partial charge in [-0.15, -0.1) is 34.7 Å². The predicted octanol–water partition coefficient (Wildman–Crippen LogP) is 8.42. The van der Waals surface area contributed by atoms with Gasteiger partial charge in [-0.1, -0.05) is 54.6 Å². The molecule has 0 bridgehead atoms. The van der Waals surface area contributed by atoms with Crippen molar-refractivity contribution in [1.29, 1.82) is 0 Å². The number of nitrogens with zero attached hydrogens (tertiary/aromatic N) is 6. The zero-order valence-electron chi connectivity index (χ0n) is 27.6.